The molecule has 1 atom stereocenters. The van der Waals surface area contributed by atoms with Crippen LogP contribution in [0.2, 0.25) is 0 Å². The Morgan fingerprint density at radius 3 is 1.88 bits per heavy atom. The van der Waals surface area contributed by atoms with Crippen LogP contribution in [0.4, 0.5) is 9.59 Å². The lowest BCUT2D eigenvalue weighted by molar-refractivity contribution is 0.000503. The Balaban J connectivity index is 4.82. The van der Waals surface area contributed by atoms with Gasteiger partial charge in [0.25, 0.3) is 0 Å². The number of rotatable bonds is 7. The zero-order chi connectivity index (χ0) is 19.8. The van der Waals surface area contributed by atoms with Gasteiger partial charge in [-0.1, -0.05) is 0 Å². The first-order valence-corrected chi connectivity index (χ1v) is 8.14. The Bertz CT molecular complexity index is 425. The van der Waals surface area contributed by atoms with Gasteiger partial charge in [-0.2, -0.15) is 0 Å². The molecule has 4 N–H and O–H groups in total. The van der Waals surface area contributed by atoms with Crippen molar-refractivity contribution in [2.75, 3.05) is 26.4 Å². The minimum Gasteiger partial charge on any atom is -0.447 e. The highest BCUT2D eigenvalue weighted by atomic mass is 16.6. The molecule has 0 bridgehead atoms. The third-order valence-electron chi connectivity index (χ3n) is 3.06. The van der Waals surface area contributed by atoms with E-state index in [-0.39, 0.29) is 6.61 Å². The molecule has 9 heteroatoms. The van der Waals surface area contributed by atoms with E-state index in [1.165, 1.54) is 4.90 Å². The maximum Gasteiger partial charge on any atom is 0.410 e. The second kappa shape index (κ2) is 9.79. The van der Waals surface area contributed by atoms with Crippen LogP contribution < -0.4 is 5.32 Å². The van der Waals surface area contributed by atoms with Gasteiger partial charge in [-0.05, 0) is 41.5 Å². The molecule has 9 nitrogen and oxygen atoms in total. The molecule has 0 aromatic carbocycles. The van der Waals surface area contributed by atoms with Crippen LogP contribution in [0.5, 0.6) is 0 Å². The topological polar surface area (TPSA) is 129 Å². The Hall–Kier alpha value is -1.58. The molecule has 0 spiro atoms. The van der Waals surface area contributed by atoms with Crippen molar-refractivity contribution in [3.05, 3.63) is 0 Å². The number of alkyl carbamates (subject to hydrolysis) is 1. The van der Waals surface area contributed by atoms with Crippen LogP contribution in [-0.4, -0.2) is 82.1 Å². The zero-order valence-corrected chi connectivity index (χ0v) is 15.9. The highest BCUT2D eigenvalue weighted by Crippen LogP contribution is 2.18. The molecule has 0 unspecified atom stereocenters. The molecule has 0 aliphatic heterocycles. The van der Waals surface area contributed by atoms with Crippen LogP contribution in [0.25, 0.3) is 0 Å². The minimum atomic E-state index is -0.845. The third-order valence-corrected chi connectivity index (χ3v) is 3.06. The molecular weight excluding hydrogens is 332 g/mol. The van der Waals surface area contributed by atoms with E-state index in [9.17, 15) is 24.9 Å². The van der Waals surface area contributed by atoms with Gasteiger partial charge in [0.15, 0.2) is 0 Å². The summed E-state index contributed by atoms with van der Waals surface area (Å²) in [4.78, 5) is 25.3. The molecule has 0 aliphatic carbocycles. The molecule has 0 radical (unpaired) electrons. The van der Waals surface area contributed by atoms with Gasteiger partial charge in [-0.25, -0.2) is 9.59 Å². The first-order chi connectivity index (χ1) is 11.4. The Morgan fingerprint density at radius 2 is 1.52 bits per heavy atom. The maximum absolute atomic E-state index is 12.3. The minimum absolute atomic E-state index is 0.287. The first kappa shape index (κ1) is 23.4. The van der Waals surface area contributed by atoms with Gasteiger partial charge in [0.05, 0.1) is 31.9 Å². The predicted octanol–water partition coefficient (Wildman–Crippen LogP) is 0.462. The highest BCUT2D eigenvalue weighted by Gasteiger charge is 2.34. The summed E-state index contributed by atoms with van der Waals surface area (Å²) in [5.74, 6) is 0. The van der Waals surface area contributed by atoms with Gasteiger partial charge < -0.3 is 30.1 Å². The Labute approximate surface area is 148 Å². The van der Waals surface area contributed by atoms with Gasteiger partial charge in [0.2, 0.25) is 0 Å². The van der Waals surface area contributed by atoms with Crippen molar-refractivity contribution in [1.29, 1.82) is 0 Å². The SMILES string of the molecule is CC(C)(C)OC(=O)N[C@H](CO)COC(=O)N(C(CO)CO)C(C)(C)C. The summed E-state index contributed by atoms with van der Waals surface area (Å²) >= 11 is 0. The number of amides is 2. The molecule has 0 rings (SSSR count). The van der Waals surface area contributed by atoms with Gasteiger partial charge in [-0.3, -0.25) is 4.90 Å². The number of aliphatic hydroxyl groups is 3. The molecule has 0 aromatic heterocycles. The monoisotopic (exact) mass is 364 g/mol. The van der Waals surface area contributed by atoms with E-state index in [4.69, 9.17) is 9.47 Å². The standard InChI is InChI=1S/C16H32N2O7/c1-15(2,3)18(12(8-20)9-21)14(23)24-10-11(7-19)17-13(22)25-16(4,5)6/h11-12,19-21H,7-10H2,1-6H3,(H,17,22)/t11-/m1/s1. The molecule has 0 heterocycles. The number of nitrogens with one attached hydrogen (secondary N) is 1. The lowest BCUT2D eigenvalue weighted by atomic mass is 10.0. The fraction of sp³-hybridized carbons (Fsp3) is 0.875. The second-order valence-electron chi connectivity index (χ2n) is 7.66. The largest absolute Gasteiger partial charge is 0.447 e. The van der Waals surface area contributed by atoms with Crippen LogP contribution in [0.3, 0.4) is 0 Å². The van der Waals surface area contributed by atoms with E-state index < -0.39 is 55.2 Å². The summed E-state index contributed by atoms with van der Waals surface area (Å²) in [5, 5.41) is 30.4. The molecule has 0 fully saturated rings. The number of aliphatic hydroxyl groups excluding tert-OH is 3. The molecule has 25 heavy (non-hydrogen) atoms. The fourth-order valence-electron chi connectivity index (χ4n) is 2.05. The quantitative estimate of drug-likeness (QED) is 0.516. The van der Waals surface area contributed by atoms with E-state index in [1.54, 1.807) is 41.5 Å². The number of carbonyl (C=O) groups excluding carboxylic acids is 2. The van der Waals surface area contributed by atoms with Gasteiger partial charge >= 0.3 is 12.2 Å². The maximum atomic E-state index is 12.3. The van der Waals surface area contributed by atoms with E-state index in [1.807, 2.05) is 0 Å². The summed E-state index contributed by atoms with van der Waals surface area (Å²) in [6.45, 7) is 8.70. The van der Waals surface area contributed by atoms with E-state index >= 15 is 0 Å². The van der Waals surface area contributed by atoms with Crippen LogP contribution in [0.1, 0.15) is 41.5 Å². The second-order valence-corrected chi connectivity index (χ2v) is 7.66. The van der Waals surface area contributed by atoms with Crippen molar-refractivity contribution in [1.82, 2.24) is 10.2 Å². The molecule has 2 amide bonds. The van der Waals surface area contributed by atoms with Crippen LogP contribution >= 0.6 is 0 Å². The number of hydrogen-bond donors (Lipinski definition) is 4. The van der Waals surface area contributed by atoms with E-state index in [2.05, 4.69) is 5.32 Å². The lowest BCUT2D eigenvalue weighted by Gasteiger charge is -2.39. The van der Waals surface area contributed by atoms with Gasteiger partial charge in [-0.15, -0.1) is 0 Å². The number of ether oxygens (including phenoxy) is 2. The highest BCUT2D eigenvalue weighted by molar-refractivity contribution is 5.70. The Kier molecular flexibility index (Phi) is 9.17. The first-order valence-electron chi connectivity index (χ1n) is 8.14. The number of carbonyl (C=O) groups is 2. The molecule has 0 aliphatic rings. The van der Waals surface area contributed by atoms with Gasteiger partial charge in [0.1, 0.15) is 12.2 Å². The average molecular weight is 364 g/mol. The molecule has 0 saturated carbocycles. The van der Waals surface area contributed by atoms with Crippen LogP contribution in [0.15, 0.2) is 0 Å². The van der Waals surface area contributed by atoms with Gasteiger partial charge in [0, 0.05) is 5.54 Å². The van der Waals surface area contributed by atoms with E-state index in [0.29, 0.717) is 0 Å². The van der Waals surface area contributed by atoms with E-state index in [0.717, 1.165) is 0 Å². The molecule has 0 aromatic rings. The van der Waals surface area contributed by atoms with Crippen molar-refractivity contribution in [2.24, 2.45) is 0 Å². The van der Waals surface area contributed by atoms with Crippen molar-refractivity contribution < 1.29 is 34.4 Å². The fourth-order valence-corrected chi connectivity index (χ4v) is 2.05. The normalized spacial score (nSPS) is 13.4. The van der Waals surface area contributed by atoms with Crippen molar-refractivity contribution >= 4 is 12.2 Å². The smallest absolute Gasteiger partial charge is 0.410 e. The lowest BCUT2D eigenvalue weighted by Crippen LogP contribution is -2.55. The number of nitrogens with zero attached hydrogens (tertiary/aromatic N) is 1. The summed E-state index contributed by atoms with van der Waals surface area (Å²) < 4.78 is 10.2. The molecular formula is C16H32N2O7. The number of hydrogen-bond acceptors (Lipinski definition) is 7. The predicted molar refractivity (Wildman–Crippen MR) is 91.1 cm³/mol. The summed E-state index contributed by atoms with van der Waals surface area (Å²) in [6, 6.07) is -1.67. The average Bonchev–Trinajstić information content (AvgIpc) is 2.45. The zero-order valence-electron chi connectivity index (χ0n) is 15.9. The van der Waals surface area contributed by atoms with Crippen LogP contribution in [-0.2, 0) is 9.47 Å². The summed E-state index contributed by atoms with van der Waals surface area (Å²) in [5.41, 5.74) is -1.40. The molecule has 148 valence electrons. The summed E-state index contributed by atoms with van der Waals surface area (Å²) in [7, 11) is 0. The summed E-state index contributed by atoms with van der Waals surface area (Å²) in [6.07, 6.45) is -1.51. The van der Waals surface area contributed by atoms with Crippen LogP contribution in [0, 0.1) is 0 Å². The van der Waals surface area contributed by atoms with Crippen molar-refractivity contribution in [3.63, 3.8) is 0 Å². The third kappa shape index (κ3) is 8.89. The Morgan fingerprint density at radius 1 is 1.00 bits per heavy atom. The van der Waals surface area contributed by atoms with Crippen molar-refractivity contribution in [2.45, 2.75) is 64.8 Å². The molecule has 0 saturated heterocycles. The van der Waals surface area contributed by atoms with Crippen molar-refractivity contribution in [3.8, 4) is 0 Å².